The van der Waals surface area contributed by atoms with Gasteiger partial charge in [0.15, 0.2) is 0 Å². The Morgan fingerprint density at radius 2 is 1.21 bits per heavy atom. The molecule has 190 valence electrons. The summed E-state index contributed by atoms with van der Waals surface area (Å²) in [7, 11) is 0. The molecule has 33 heavy (non-hydrogen) atoms. The summed E-state index contributed by atoms with van der Waals surface area (Å²) in [6.45, 7) is 10.9. The molecule has 5 fully saturated rings. The fourth-order valence-electron chi connectivity index (χ4n) is 11.2. The van der Waals surface area contributed by atoms with Crippen molar-refractivity contribution < 1.29 is 0 Å². The Kier molecular flexibility index (Phi) is 7.60. The summed E-state index contributed by atoms with van der Waals surface area (Å²) in [5, 5.41) is 0. The van der Waals surface area contributed by atoms with Crippen LogP contribution < -0.4 is 0 Å². The van der Waals surface area contributed by atoms with E-state index in [0.29, 0.717) is 5.41 Å². The molecule has 1 spiro atoms. The lowest BCUT2D eigenvalue weighted by Gasteiger charge is -2.72. The highest BCUT2D eigenvalue weighted by molar-refractivity contribution is 5.21. The molecular formula is C33H58. The number of hydrogen-bond donors (Lipinski definition) is 0. The van der Waals surface area contributed by atoms with Crippen molar-refractivity contribution in [3.05, 3.63) is 0 Å². The summed E-state index contributed by atoms with van der Waals surface area (Å²) in [6, 6.07) is 0. The first-order chi connectivity index (χ1) is 16.0. The van der Waals surface area contributed by atoms with Crippen LogP contribution in [0.2, 0.25) is 0 Å². The molecule has 4 bridgehead atoms. The molecule has 0 aromatic carbocycles. The highest BCUT2D eigenvalue weighted by atomic mass is 14.8. The Bertz CT molecular complexity index is 636. The predicted molar refractivity (Wildman–Crippen MR) is 143 cm³/mol. The third-order valence-electron chi connectivity index (χ3n) is 13.1. The minimum Gasteiger partial charge on any atom is -0.0625 e. The summed E-state index contributed by atoms with van der Waals surface area (Å²) in [4.78, 5) is 0. The Morgan fingerprint density at radius 3 is 1.85 bits per heavy atom. The molecule has 5 saturated carbocycles. The maximum Gasteiger partial charge on any atom is -0.0209 e. The van der Waals surface area contributed by atoms with Gasteiger partial charge in [-0.15, -0.1) is 0 Å². The van der Waals surface area contributed by atoms with Gasteiger partial charge < -0.3 is 0 Å². The zero-order valence-corrected chi connectivity index (χ0v) is 23.1. The van der Waals surface area contributed by atoms with Gasteiger partial charge in [0.05, 0.1) is 0 Å². The molecule has 0 nitrogen and oxygen atoms in total. The highest BCUT2D eigenvalue weighted by Gasteiger charge is 2.73. The van der Waals surface area contributed by atoms with Crippen molar-refractivity contribution in [3.8, 4) is 0 Å². The maximum absolute atomic E-state index is 2.85. The second-order valence-corrected chi connectivity index (χ2v) is 14.7. The molecule has 0 saturated heterocycles. The predicted octanol–water partition coefficient (Wildman–Crippen LogP) is 10.4. The number of rotatable bonds is 0. The third-order valence-corrected chi connectivity index (χ3v) is 13.1. The van der Waals surface area contributed by atoms with Crippen LogP contribution in [0.1, 0.15) is 150 Å². The summed E-state index contributed by atoms with van der Waals surface area (Å²) in [6.07, 6.45) is 29.1. The van der Waals surface area contributed by atoms with Crippen molar-refractivity contribution >= 4 is 0 Å². The standard InChI is InChI=1S/C33H58/c1-24-20-27-16-14-12-10-8-6-5-7-9-11-13-15-19-32(4)29(18-17-27)28(21-24)26(3)33-23-31(32)30(33)22-25(33)2/h24-31H,5-23H2,1-4H3. The lowest BCUT2D eigenvalue weighted by Crippen LogP contribution is -2.65. The molecule has 5 aliphatic rings. The topological polar surface area (TPSA) is 0 Å². The average Bonchev–Trinajstić information content (AvgIpc) is 2.87. The van der Waals surface area contributed by atoms with Gasteiger partial charge in [0.1, 0.15) is 0 Å². The van der Waals surface area contributed by atoms with Crippen LogP contribution in [-0.2, 0) is 0 Å². The number of hydrogen-bond acceptors (Lipinski definition) is 0. The van der Waals surface area contributed by atoms with Crippen molar-refractivity contribution in [2.75, 3.05) is 0 Å². The molecule has 10 atom stereocenters. The van der Waals surface area contributed by atoms with Crippen LogP contribution in [0, 0.1) is 58.2 Å². The Hall–Kier alpha value is 0. The van der Waals surface area contributed by atoms with E-state index in [9.17, 15) is 0 Å². The smallest absolute Gasteiger partial charge is 0.0209 e. The zero-order valence-electron chi connectivity index (χ0n) is 23.1. The van der Waals surface area contributed by atoms with Crippen LogP contribution in [0.15, 0.2) is 0 Å². The normalized spacial score (nSPS) is 52.0. The summed E-state index contributed by atoms with van der Waals surface area (Å²) >= 11 is 0. The van der Waals surface area contributed by atoms with Gasteiger partial charge >= 0.3 is 0 Å². The molecule has 10 unspecified atom stereocenters. The SMILES string of the molecule is CC1CC2CCCCCCCCCCCCCC3(C)C(CC2)C(C1)C(C)C12CC3C1CC2C. The molecule has 0 radical (unpaired) electrons. The molecule has 5 aliphatic carbocycles. The lowest BCUT2D eigenvalue weighted by molar-refractivity contribution is -0.236. The van der Waals surface area contributed by atoms with E-state index in [1.165, 1.54) is 70.6 Å². The highest BCUT2D eigenvalue weighted by Crippen LogP contribution is 2.80. The van der Waals surface area contributed by atoms with Crippen LogP contribution in [0.5, 0.6) is 0 Å². The van der Waals surface area contributed by atoms with E-state index in [-0.39, 0.29) is 0 Å². The molecule has 0 heterocycles. The lowest BCUT2D eigenvalue weighted by atomic mass is 9.33. The Balaban J connectivity index is 1.39. The van der Waals surface area contributed by atoms with E-state index in [0.717, 1.165) is 52.8 Å². The van der Waals surface area contributed by atoms with E-state index in [1.807, 2.05) is 0 Å². The first-order valence-corrected chi connectivity index (χ1v) is 16.0. The van der Waals surface area contributed by atoms with E-state index in [4.69, 9.17) is 0 Å². The molecule has 0 aromatic rings. The van der Waals surface area contributed by atoms with E-state index >= 15 is 0 Å². The fourth-order valence-corrected chi connectivity index (χ4v) is 11.2. The first kappa shape index (κ1) is 24.7. The van der Waals surface area contributed by atoms with Gasteiger partial charge in [0.25, 0.3) is 0 Å². The minimum atomic E-state index is 0.650. The van der Waals surface area contributed by atoms with E-state index in [1.54, 1.807) is 51.4 Å². The largest absolute Gasteiger partial charge is 0.0625 e. The van der Waals surface area contributed by atoms with Crippen LogP contribution in [0.4, 0.5) is 0 Å². The van der Waals surface area contributed by atoms with Gasteiger partial charge in [-0.05, 0) is 96.7 Å². The van der Waals surface area contributed by atoms with E-state index in [2.05, 4.69) is 27.7 Å². The number of fused-ring (bicyclic) bond motifs is 5. The molecule has 0 N–H and O–H groups in total. The maximum atomic E-state index is 2.85. The van der Waals surface area contributed by atoms with Crippen molar-refractivity contribution in [2.45, 2.75) is 150 Å². The molecule has 5 rings (SSSR count). The van der Waals surface area contributed by atoms with Crippen molar-refractivity contribution in [1.29, 1.82) is 0 Å². The third kappa shape index (κ3) is 4.39. The van der Waals surface area contributed by atoms with Gasteiger partial charge in [0.2, 0.25) is 0 Å². The monoisotopic (exact) mass is 454 g/mol. The molecular weight excluding hydrogens is 396 g/mol. The van der Waals surface area contributed by atoms with Crippen molar-refractivity contribution in [2.24, 2.45) is 58.2 Å². The van der Waals surface area contributed by atoms with Gasteiger partial charge in [-0.2, -0.15) is 0 Å². The van der Waals surface area contributed by atoms with Crippen LogP contribution >= 0.6 is 0 Å². The van der Waals surface area contributed by atoms with Gasteiger partial charge in [-0.25, -0.2) is 0 Å². The summed E-state index contributed by atoms with van der Waals surface area (Å²) in [5.74, 6) is 8.22. The molecule has 0 amide bonds. The van der Waals surface area contributed by atoms with Crippen molar-refractivity contribution in [1.82, 2.24) is 0 Å². The zero-order chi connectivity index (χ0) is 23.1. The molecule has 0 aromatic heterocycles. The second-order valence-electron chi connectivity index (χ2n) is 14.7. The first-order valence-electron chi connectivity index (χ1n) is 16.0. The molecule has 0 aliphatic heterocycles. The van der Waals surface area contributed by atoms with Crippen LogP contribution in [-0.4, -0.2) is 0 Å². The van der Waals surface area contributed by atoms with Crippen molar-refractivity contribution in [3.63, 3.8) is 0 Å². The van der Waals surface area contributed by atoms with Crippen LogP contribution in [0.25, 0.3) is 0 Å². The Labute approximate surface area is 207 Å². The van der Waals surface area contributed by atoms with Gasteiger partial charge in [0, 0.05) is 0 Å². The van der Waals surface area contributed by atoms with Crippen LogP contribution in [0.3, 0.4) is 0 Å². The van der Waals surface area contributed by atoms with E-state index < -0.39 is 0 Å². The molecule has 0 heteroatoms. The Morgan fingerprint density at radius 1 is 0.576 bits per heavy atom. The summed E-state index contributed by atoms with van der Waals surface area (Å²) < 4.78 is 0. The quantitative estimate of drug-likeness (QED) is 0.341. The summed E-state index contributed by atoms with van der Waals surface area (Å²) in [5.41, 5.74) is 1.41. The average molecular weight is 455 g/mol. The van der Waals surface area contributed by atoms with Gasteiger partial charge in [-0.3, -0.25) is 0 Å². The fraction of sp³-hybridized carbons (Fsp3) is 1.00. The second kappa shape index (κ2) is 10.2. The van der Waals surface area contributed by atoms with Gasteiger partial charge in [-0.1, -0.05) is 111 Å². The minimum absolute atomic E-state index is 0.650.